The number of nitrogens with zero attached hydrogens (tertiary/aromatic N) is 5. The summed E-state index contributed by atoms with van der Waals surface area (Å²) in [4.78, 5) is 26.7. The average Bonchev–Trinajstić information content (AvgIpc) is 3.55. The van der Waals surface area contributed by atoms with Gasteiger partial charge in [-0.1, -0.05) is 17.3 Å². The summed E-state index contributed by atoms with van der Waals surface area (Å²) in [6.07, 6.45) is -3.04. The van der Waals surface area contributed by atoms with Gasteiger partial charge in [-0.05, 0) is 69.5 Å². The fourth-order valence-electron chi connectivity index (χ4n) is 4.18. The lowest BCUT2D eigenvalue weighted by Gasteiger charge is -2.29. The number of sulfonamides is 1. The van der Waals surface area contributed by atoms with E-state index in [0.29, 0.717) is 18.4 Å². The van der Waals surface area contributed by atoms with Crippen molar-refractivity contribution in [3.05, 3.63) is 59.8 Å². The highest BCUT2D eigenvalue weighted by molar-refractivity contribution is 7.89. The number of hydrogen-bond acceptors (Lipinski definition) is 7. The molecule has 1 aliphatic carbocycles. The third-order valence-corrected chi connectivity index (χ3v) is 8.47. The molecule has 15 heteroatoms. The molecule has 4 rings (SSSR count). The fourth-order valence-corrected chi connectivity index (χ4v) is 5.11. The van der Waals surface area contributed by atoms with Gasteiger partial charge < -0.3 is 10.5 Å². The number of rotatable bonds is 8. The van der Waals surface area contributed by atoms with Crippen LogP contribution in [0.25, 0.3) is 11.3 Å². The maximum Gasteiger partial charge on any atom is 0.416 e. The van der Waals surface area contributed by atoms with E-state index in [4.69, 9.17) is 10.5 Å². The van der Waals surface area contributed by atoms with E-state index in [0.717, 1.165) is 16.4 Å². The number of hydrogen-bond donors (Lipinski definition) is 1. The van der Waals surface area contributed by atoms with E-state index in [1.54, 1.807) is 20.8 Å². The largest absolute Gasteiger partial charge is 0.443 e. The minimum Gasteiger partial charge on any atom is -0.443 e. The van der Waals surface area contributed by atoms with Crippen molar-refractivity contribution in [3.63, 3.8) is 0 Å². The molecule has 2 aromatic carbocycles. The van der Waals surface area contributed by atoms with Gasteiger partial charge in [-0.15, -0.1) is 5.10 Å². The number of alkyl halides is 3. The predicted octanol–water partition coefficient (Wildman–Crippen LogP) is 4.13. The van der Waals surface area contributed by atoms with Crippen molar-refractivity contribution in [1.29, 1.82) is 0 Å². The molecule has 0 radical (unpaired) electrons. The number of benzene rings is 2. The first kappa shape index (κ1) is 31.0. The molecular weight excluding hydrogens is 577 g/mol. The third-order valence-electron chi connectivity index (χ3n) is 6.66. The predicted molar refractivity (Wildman–Crippen MR) is 147 cm³/mol. The van der Waals surface area contributed by atoms with Crippen molar-refractivity contribution in [1.82, 2.24) is 19.3 Å². The van der Waals surface area contributed by atoms with Gasteiger partial charge >= 0.3 is 12.3 Å². The highest BCUT2D eigenvalue weighted by Crippen LogP contribution is 2.44. The summed E-state index contributed by atoms with van der Waals surface area (Å²) in [5, 5.41) is 8.22. The fraction of sp³-hybridized carbons (Fsp3) is 0.407. The molecule has 3 aromatic rings. The van der Waals surface area contributed by atoms with Crippen molar-refractivity contribution >= 4 is 27.7 Å². The zero-order valence-electron chi connectivity index (χ0n) is 23.6. The topological polar surface area (TPSA) is 141 Å². The summed E-state index contributed by atoms with van der Waals surface area (Å²) in [5.41, 5.74) is 3.52. The van der Waals surface area contributed by atoms with Crippen LogP contribution in [0.4, 0.5) is 23.7 Å². The zero-order chi connectivity index (χ0) is 31.3. The van der Waals surface area contributed by atoms with Crippen LogP contribution in [0.5, 0.6) is 0 Å². The maximum absolute atomic E-state index is 13.5. The molecule has 1 aromatic heterocycles. The Balaban J connectivity index is 1.87. The van der Waals surface area contributed by atoms with Crippen LogP contribution in [0.15, 0.2) is 53.6 Å². The van der Waals surface area contributed by atoms with Gasteiger partial charge in [0.1, 0.15) is 16.8 Å². The van der Waals surface area contributed by atoms with E-state index in [9.17, 15) is 31.2 Å². The molecule has 2 amide bonds. The molecule has 0 spiro atoms. The number of primary amides is 1. The van der Waals surface area contributed by atoms with Gasteiger partial charge in [0.05, 0.1) is 28.9 Å². The first-order chi connectivity index (χ1) is 19.3. The Kier molecular flexibility index (Phi) is 7.88. The van der Waals surface area contributed by atoms with Crippen LogP contribution in [0.3, 0.4) is 0 Å². The van der Waals surface area contributed by atoms with E-state index >= 15 is 0 Å². The number of aromatic nitrogens is 3. The summed E-state index contributed by atoms with van der Waals surface area (Å²) in [5.74, 6) is -0.596. The van der Waals surface area contributed by atoms with E-state index in [2.05, 4.69) is 10.3 Å². The Bertz CT molecular complexity index is 1610. The SMILES string of the molecule is CN(C)S(=O)(=O)c1ccc(N(Cc2ccc(C(F)(F)F)cc2)C(=O)OC(C)(C)C)c(-c2cn(C3(C(N)=O)CC3)nn2)c1. The molecule has 11 nitrogen and oxygen atoms in total. The smallest absolute Gasteiger partial charge is 0.416 e. The van der Waals surface area contributed by atoms with Crippen LogP contribution in [-0.4, -0.2) is 59.4 Å². The highest BCUT2D eigenvalue weighted by Gasteiger charge is 2.52. The quantitative estimate of drug-likeness (QED) is 0.406. The third kappa shape index (κ3) is 6.26. The van der Waals surface area contributed by atoms with E-state index in [1.807, 2.05) is 0 Å². The normalized spacial score (nSPS) is 15.0. The minimum absolute atomic E-state index is 0.115. The lowest BCUT2D eigenvalue weighted by atomic mass is 10.1. The first-order valence-corrected chi connectivity index (χ1v) is 14.3. The molecule has 42 heavy (non-hydrogen) atoms. The monoisotopic (exact) mass is 608 g/mol. The van der Waals surface area contributed by atoms with Crippen LogP contribution in [0.1, 0.15) is 44.7 Å². The number of amides is 2. The van der Waals surface area contributed by atoms with Crippen molar-refractivity contribution < 1.29 is 35.9 Å². The zero-order valence-corrected chi connectivity index (χ0v) is 24.5. The lowest BCUT2D eigenvalue weighted by molar-refractivity contribution is -0.137. The molecule has 1 saturated carbocycles. The van der Waals surface area contributed by atoms with E-state index in [1.165, 1.54) is 60.2 Å². The number of carbonyl (C=O) groups is 2. The van der Waals surface area contributed by atoms with Gasteiger partial charge in [-0.2, -0.15) is 13.2 Å². The van der Waals surface area contributed by atoms with Crippen molar-refractivity contribution in [2.24, 2.45) is 5.73 Å². The molecule has 0 aliphatic heterocycles. The Labute approximate surface area is 241 Å². The maximum atomic E-state index is 13.5. The molecule has 1 fully saturated rings. The van der Waals surface area contributed by atoms with E-state index in [-0.39, 0.29) is 28.4 Å². The molecule has 0 bridgehead atoms. The molecule has 0 atom stereocenters. The van der Waals surface area contributed by atoms with Crippen LogP contribution in [0.2, 0.25) is 0 Å². The van der Waals surface area contributed by atoms with Crippen molar-refractivity contribution in [2.75, 3.05) is 19.0 Å². The average molecular weight is 609 g/mol. The summed E-state index contributed by atoms with van der Waals surface area (Å²) in [7, 11) is -1.21. The summed E-state index contributed by atoms with van der Waals surface area (Å²) >= 11 is 0. The molecule has 0 saturated heterocycles. The first-order valence-electron chi connectivity index (χ1n) is 12.8. The highest BCUT2D eigenvalue weighted by atomic mass is 32.2. The second-order valence-electron chi connectivity index (χ2n) is 11.2. The van der Waals surface area contributed by atoms with Crippen LogP contribution < -0.4 is 10.6 Å². The van der Waals surface area contributed by atoms with Gasteiger partial charge in [-0.25, -0.2) is 22.2 Å². The summed E-state index contributed by atoms with van der Waals surface area (Å²) in [6, 6.07) is 8.29. The van der Waals surface area contributed by atoms with Crippen molar-refractivity contribution in [3.8, 4) is 11.3 Å². The van der Waals surface area contributed by atoms with Crippen LogP contribution in [0, 0.1) is 0 Å². The van der Waals surface area contributed by atoms with Gasteiger partial charge in [0, 0.05) is 19.7 Å². The molecule has 2 N–H and O–H groups in total. The summed E-state index contributed by atoms with van der Waals surface area (Å²) < 4.78 is 73.4. The number of halogens is 3. The molecule has 1 aliphatic rings. The van der Waals surface area contributed by atoms with Gasteiger partial charge in [0.15, 0.2) is 0 Å². The molecular formula is C27H31F3N6O5S. The number of nitrogens with two attached hydrogens (primary N) is 1. The molecule has 226 valence electrons. The number of carbonyl (C=O) groups excluding carboxylic acids is 2. The van der Waals surface area contributed by atoms with E-state index < -0.39 is 44.9 Å². The second-order valence-corrected chi connectivity index (χ2v) is 13.3. The second kappa shape index (κ2) is 10.7. The standard InChI is InChI=1S/C27H31F3N6O5S/c1-25(2,3)41-24(38)35(15-17-6-8-18(9-7-17)27(28,29)30)22-11-10-19(42(39,40)34(4)5)14-20(22)21-16-36(33-32-21)26(12-13-26)23(31)37/h6-11,14,16H,12-13,15H2,1-5H3,(H2,31,37). The summed E-state index contributed by atoms with van der Waals surface area (Å²) in [6.45, 7) is 4.73. The lowest BCUT2D eigenvalue weighted by Crippen LogP contribution is -2.37. The Morgan fingerprint density at radius 3 is 2.19 bits per heavy atom. The minimum atomic E-state index is -4.54. The molecule has 0 unspecified atom stereocenters. The van der Waals surface area contributed by atoms with Gasteiger partial charge in [-0.3, -0.25) is 9.69 Å². The van der Waals surface area contributed by atoms with Crippen LogP contribution in [-0.2, 0) is 37.8 Å². The van der Waals surface area contributed by atoms with Gasteiger partial charge in [0.2, 0.25) is 15.9 Å². The Morgan fingerprint density at radius 1 is 1.07 bits per heavy atom. The van der Waals surface area contributed by atoms with Crippen LogP contribution >= 0.6 is 0 Å². The number of ether oxygens (including phenoxy) is 1. The molecule has 1 heterocycles. The Morgan fingerprint density at radius 2 is 1.69 bits per heavy atom. The Hall–Kier alpha value is -3.98. The van der Waals surface area contributed by atoms with Crippen molar-refractivity contribution in [2.45, 2.75) is 62.4 Å². The number of anilines is 1. The van der Waals surface area contributed by atoms with Gasteiger partial charge in [0.25, 0.3) is 0 Å².